The molecular weight excluding hydrogens is 168 g/mol. The van der Waals surface area contributed by atoms with Gasteiger partial charge in [0.05, 0.1) is 4.92 Å². The van der Waals surface area contributed by atoms with Gasteiger partial charge in [-0.15, -0.1) is 0 Å². The Bertz CT molecular complexity index is 363. The van der Waals surface area contributed by atoms with Gasteiger partial charge in [0.25, 0.3) is 5.69 Å². The summed E-state index contributed by atoms with van der Waals surface area (Å²) in [5, 5.41) is 13.7. The van der Waals surface area contributed by atoms with Gasteiger partial charge in [-0.3, -0.25) is 10.1 Å². The number of nitrogens with zero attached hydrogens (tertiary/aromatic N) is 1. The summed E-state index contributed by atoms with van der Waals surface area (Å²) in [6.07, 6.45) is 0. The molecule has 1 N–H and O–H groups in total. The van der Waals surface area contributed by atoms with Crippen LogP contribution in [-0.4, -0.2) is 11.5 Å². The summed E-state index contributed by atoms with van der Waals surface area (Å²) in [5.41, 5.74) is 2.25. The molecule has 0 bridgehead atoms. The van der Waals surface area contributed by atoms with Crippen LogP contribution in [0.4, 0.5) is 11.4 Å². The zero-order valence-electron chi connectivity index (χ0n) is 7.28. The number of fused-ring (bicyclic) bond motifs is 1. The summed E-state index contributed by atoms with van der Waals surface area (Å²) >= 11 is 0. The summed E-state index contributed by atoms with van der Waals surface area (Å²) in [7, 11) is 0. The quantitative estimate of drug-likeness (QED) is 0.529. The van der Waals surface area contributed by atoms with E-state index in [2.05, 4.69) is 12.2 Å². The topological polar surface area (TPSA) is 55.2 Å². The minimum Gasteiger partial charge on any atom is -0.384 e. The Balaban J connectivity index is 2.47. The average molecular weight is 178 g/mol. The minimum absolute atomic E-state index is 0.175. The standard InChI is InChI=1S/C9H10N2O2/c1-6-5-10-9-3-2-7(11(12)13)4-8(6)9/h2-4,6,10H,5H2,1H3/t6-/m1/s1. The van der Waals surface area contributed by atoms with Crippen LogP contribution >= 0.6 is 0 Å². The number of hydrogen-bond donors (Lipinski definition) is 1. The van der Waals surface area contributed by atoms with E-state index in [0.717, 1.165) is 17.8 Å². The zero-order valence-corrected chi connectivity index (χ0v) is 7.28. The molecule has 4 nitrogen and oxygen atoms in total. The second-order valence-electron chi connectivity index (χ2n) is 3.31. The van der Waals surface area contributed by atoms with E-state index < -0.39 is 0 Å². The van der Waals surface area contributed by atoms with Crippen molar-refractivity contribution in [2.24, 2.45) is 0 Å². The van der Waals surface area contributed by atoms with Gasteiger partial charge in [-0.05, 0) is 11.6 Å². The van der Waals surface area contributed by atoms with Crippen LogP contribution in [0.3, 0.4) is 0 Å². The highest BCUT2D eigenvalue weighted by molar-refractivity contribution is 5.61. The molecule has 0 radical (unpaired) electrons. The molecule has 0 saturated heterocycles. The number of nitro groups is 1. The van der Waals surface area contributed by atoms with Gasteiger partial charge in [0.15, 0.2) is 0 Å². The SMILES string of the molecule is C[C@@H]1CNc2ccc([N+](=O)[O-])cc21. The molecule has 1 heterocycles. The monoisotopic (exact) mass is 178 g/mol. The molecule has 1 aliphatic rings. The third-order valence-corrected chi connectivity index (χ3v) is 2.38. The predicted molar refractivity (Wildman–Crippen MR) is 50.0 cm³/mol. The molecule has 68 valence electrons. The van der Waals surface area contributed by atoms with Crippen LogP contribution in [0, 0.1) is 10.1 Å². The van der Waals surface area contributed by atoms with Crippen molar-refractivity contribution in [3.8, 4) is 0 Å². The van der Waals surface area contributed by atoms with Gasteiger partial charge in [-0.2, -0.15) is 0 Å². The van der Waals surface area contributed by atoms with Gasteiger partial charge in [0.2, 0.25) is 0 Å². The Kier molecular flexibility index (Phi) is 1.69. The van der Waals surface area contributed by atoms with Crippen molar-refractivity contribution in [2.75, 3.05) is 11.9 Å². The number of non-ortho nitro benzene ring substituents is 1. The van der Waals surface area contributed by atoms with Crippen LogP contribution in [-0.2, 0) is 0 Å². The molecule has 1 atom stereocenters. The van der Waals surface area contributed by atoms with E-state index in [4.69, 9.17) is 0 Å². The van der Waals surface area contributed by atoms with E-state index in [-0.39, 0.29) is 10.6 Å². The number of nitro benzene ring substituents is 1. The first kappa shape index (κ1) is 8.04. The van der Waals surface area contributed by atoms with E-state index in [0.29, 0.717) is 5.92 Å². The Morgan fingerprint density at radius 2 is 2.38 bits per heavy atom. The van der Waals surface area contributed by atoms with Crippen molar-refractivity contribution in [1.29, 1.82) is 0 Å². The van der Waals surface area contributed by atoms with E-state index in [1.165, 1.54) is 6.07 Å². The summed E-state index contributed by atoms with van der Waals surface area (Å²) in [4.78, 5) is 10.1. The molecule has 0 aliphatic carbocycles. The molecule has 1 aliphatic heterocycles. The maximum absolute atomic E-state index is 10.5. The lowest BCUT2D eigenvalue weighted by Crippen LogP contribution is -1.95. The lowest BCUT2D eigenvalue weighted by atomic mass is 10.0. The molecule has 2 rings (SSSR count). The molecule has 0 unspecified atom stereocenters. The Labute approximate surface area is 75.7 Å². The number of anilines is 1. The van der Waals surface area contributed by atoms with E-state index in [9.17, 15) is 10.1 Å². The third kappa shape index (κ3) is 1.24. The molecule has 0 aromatic heterocycles. The fourth-order valence-corrected chi connectivity index (χ4v) is 1.61. The van der Waals surface area contributed by atoms with Crippen molar-refractivity contribution in [2.45, 2.75) is 12.8 Å². The smallest absolute Gasteiger partial charge is 0.269 e. The minimum atomic E-state index is -0.356. The molecule has 4 heteroatoms. The number of rotatable bonds is 1. The first-order valence-electron chi connectivity index (χ1n) is 4.20. The Morgan fingerprint density at radius 1 is 1.62 bits per heavy atom. The van der Waals surface area contributed by atoms with Gasteiger partial charge in [-0.1, -0.05) is 6.92 Å². The molecule has 1 aromatic carbocycles. The van der Waals surface area contributed by atoms with Gasteiger partial charge in [0, 0.05) is 30.3 Å². The average Bonchev–Trinajstić information content (AvgIpc) is 2.47. The summed E-state index contributed by atoms with van der Waals surface area (Å²) in [5.74, 6) is 0.370. The number of hydrogen-bond acceptors (Lipinski definition) is 3. The molecular formula is C9H10N2O2. The van der Waals surface area contributed by atoms with Crippen molar-refractivity contribution in [1.82, 2.24) is 0 Å². The van der Waals surface area contributed by atoms with E-state index in [1.54, 1.807) is 12.1 Å². The number of benzene rings is 1. The van der Waals surface area contributed by atoms with Crippen LogP contribution in [0.15, 0.2) is 18.2 Å². The van der Waals surface area contributed by atoms with Gasteiger partial charge >= 0.3 is 0 Å². The van der Waals surface area contributed by atoms with Crippen LogP contribution < -0.4 is 5.32 Å². The molecule has 0 spiro atoms. The summed E-state index contributed by atoms with van der Waals surface area (Å²) < 4.78 is 0. The molecule has 13 heavy (non-hydrogen) atoms. The van der Waals surface area contributed by atoms with Crippen molar-refractivity contribution < 1.29 is 4.92 Å². The van der Waals surface area contributed by atoms with Crippen molar-refractivity contribution >= 4 is 11.4 Å². The first-order valence-corrected chi connectivity index (χ1v) is 4.20. The highest BCUT2D eigenvalue weighted by atomic mass is 16.6. The normalized spacial score (nSPS) is 19.3. The van der Waals surface area contributed by atoms with Crippen LogP contribution in [0.2, 0.25) is 0 Å². The van der Waals surface area contributed by atoms with Crippen LogP contribution in [0.1, 0.15) is 18.4 Å². The zero-order chi connectivity index (χ0) is 9.42. The van der Waals surface area contributed by atoms with Crippen molar-refractivity contribution in [3.63, 3.8) is 0 Å². The molecule has 0 saturated carbocycles. The first-order chi connectivity index (χ1) is 6.18. The highest BCUT2D eigenvalue weighted by Gasteiger charge is 2.20. The Hall–Kier alpha value is -1.58. The molecule has 0 amide bonds. The van der Waals surface area contributed by atoms with Gasteiger partial charge in [-0.25, -0.2) is 0 Å². The second-order valence-corrected chi connectivity index (χ2v) is 3.31. The lowest BCUT2D eigenvalue weighted by Gasteiger charge is -2.00. The Morgan fingerprint density at radius 3 is 3.08 bits per heavy atom. The van der Waals surface area contributed by atoms with Gasteiger partial charge < -0.3 is 5.32 Å². The lowest BCUT2D eigenvalue weighted by molar-refractivity contribution is -0.384. The summed E-state index contributed by atoms with van der Waals surface area (Å²) in [6, 6.07) is 4.96. The van der Waals surface area contributed by atoms with E-state index in [1.807, 2.05) is 0 Å². The van der Waals surface area contributed by atoms with Crippen LogP contribution in [0.5, 0.6) is 0 Å². The fourth-order valence-electron chi connectivity index (χ4n) is 1.61. The molecule has 0 fully saturated rings. The maximum atomic E-state index is 10.5. The number of nitrogens with one attached hydrogen (secondary N) is 1. The third-order valence-electron chi connectivity index (χ3n) is 2.38. The largest absolute Gasteiger partial charge is 0.384 e. The highest BCUT2D eigenvalue weighted by Crippen LogP contribution is 2.33. The second kappa shape index (κ2) is 2.73. The maximum Gasteiger partial charge on any atom is 0.269 e. The fraction of sp³-hybridized carbons (Fsp3) is 0.333. The van der Waals surface area contributed by atoms with Crippen LogP contribution in [0.25, 0.3) is 0 Å². The van der Waals surface area contributed by atoms with E-state index >= 15 is 0 Å². The molecule has 1 aromatic rings. The summed E-state index contributed by atoms with van der Waals surface area (Å²) in [6.45, 7) is 2.93. The van der Waals surface area contributed by atoms with Gasteiger partial charge in [0.1, 0.15) is 0 Å². The van der Waals surface area contributed by atoms with Crippen molar-refractivity contribution in [3.05, 3.63) is 33.9 Å². The predicted octanol–water partition coefficient (Wildman–Crippen LogP) is 2.12.